The van der Waals surface area contributed by atoms with E-state index in [9.17, 15) is 0 Å². The van der Waals surface area contributed by atoms with Crippen LogP contribution in [0.3, 0.4) is 0 Å². The summed E-state index contributed by atoms with van der Waals surface area (Å²) in [5, 5.41) is 0.442. The number of methoxy groups -OCH3 is 2. The van der Waals surface area contributed by atoms with Crippen LogP contribution in [0.25, 0.3) is 0 Å². The lowest BCUT2D eigenvalue weighted by atomic mass is 9.97. The molecular formula is C11H16ClNO3. The van der Waals surface area contributed by atoms with Crippen LogP contribution in [0, 0.1) is 0 Å². The van der Waals surface area contributed by atoms with E-state index >= 15 is 0 Å². The van der Waals surface area contributed by atoms with Crippen LogP contribution in [0.1, 0.15) is 19.4 Å². The first-order chi connectivity index (χ1) is 7.47. The second-order valence-corrected chi connectivity index (χ2v) is 4.17. The van der Waals surface area contributed by atoms with Crippen molar-refractivity contribution in [3.63, 3.8) is 0 Å². The average Bonchev–Trinajstić information content (AvgIpc) is 2.28. The normalized spacial score (nSPS) is 11.4. The predicted octanol–water partition coefficient (Wildman–Crippen LogP) is 2.48. The van der Waals surface area contributed by atoms with Gasteiger partial charge in [-0.2, -0.15) is 0 Å². The standard InChI is InChI=1S/C11H16ClNO3/c1-11(2,16-13)7-5-6-8(14-3)10(15-4)9(7)12/h5-6H,13H2,1-4H3. The first-order valence-corrected chi connectivity index (χ1v) is 5.14. The Hall–Kier alpha value is -0.970. The van der Waals surface area contributed by atoms with Crippen LogP contribution in [0.2, 0.25) is 5.02 Å². The van der Waals surface area contributed by atoms with E-state index in [1.54, 1.807) is 19.2 Å². The summed E-state index contributed by atoms with van der Waals surface area (Å²) in [6, 6.07) is 3.57. The molecule has 0 saturated heterocycles. The van der Waals surface area contributed by atoms with Crippen LogP contribution in [0.4, 0.5) is 0 Å². The molecule has 16 heavy (non-hydrogen) atoms. The van der Waals surface area contributed by atoms with Crippen molar-refractivity contribution in [1.82, 2.24) is 0 Å². The molecular weight excluding hydrogens is 230 g/mol. The van der Waals surface area contributed by atoms with Gasteiger partial charge in [-0.25, -0.2) is 5.90 Å². The maximum atomic E-state index is 6.22. The van der Waals surface area contributed by atoms with Gasteiger partial charge in [-0.1, -0.05) is 17.7 Å². The summed E-state index contributed by atoms with van der Waals surface area (Å²) in [7, 11) is 3.09. The Morgan fingerprint density at radius 3 is 2.25 bits per heavy atom. The third kappa shape index (κ3) is 2.24. The SMILES string of the molecule is COc1ccc(C(C)(C)ON)c(Cl)c1OC. The number of hydrogen-bond donors (Lipinski definition) is 1. The van der Waals surface area contributed by atoms with Crippen molar-refractivity contribution in [2.24, 2.45) is 5.90 Å². The van der Waals surface area contributed by atoms with Crippen molar-refractivity contribution in [3.8, 4) is 11.5 Å². The number of ether oxygens (including phenoxy) is 2. The molecule has 90 valence electrons. The molecule has 0 bridgehead atoms. The number of halogens is 1. The van der Waals surface area contributed by atoms with Gasteiger partial charge in [-0.3, -0.25) is 4.84 Å². The first kappa shape index (κ1) is 13.1. The van der Waals surface area contributed by atoms with E-state index in [0.29, 0.717) is 16.5 Å². The second-order valence-electron chi connectivity index (χ2n) is 3.79. The molecule has 0 fully saturated rings. The van der Waals surface area contributed by atoms with Crippen LogP contribution >= 0.6 is 11.6 Å². The number of hydrogen-bond acceptors (Lipinski definition) is 4. The molecule has 4 nitrogen and oxygen atoms in total. The van der Waals surface area contributed by atoms with E-state index in [-0.39, 0.29) is 0 Å². The summed E-state index contributed by atoms with van der Waals surface area (Å²) in [6.07, 6.45) is 0. The number of nitrogens with two attached hydrogens (primary N) is 1. The Kier molecular flexibility index (Phi) is 4.02. The molecule has 0 amide bonds. The molecule has 0 spiro atoms. The lowest BCUT2D eigenvalue weighted by molar-refractivity contribution is -0.0236. The summed E-state index contributed by atoms with van der Waals surface area (Å²) in [6.45, 7) is 3.64. The molecule has 5 heteroatoms. The largest absolute Gasteiger partial charge is 0.493 e. The summed E-state index contributed by atoms with van der Waals surface area (Å²) < 4.78 is 10.3. The Balaban J connectivity index is 3.35. The van der Waals surface area contributed by atoms with E-state index < -0.39 is 5.60 Å². The Morgan fingerprint density at radius 2 is 1.81 bits per heavy atom. The zero-order valence-corrected chi connectivity index (χ0v) is 10.6. The number of benzene rings is 1. The van der Waals surface area contributed by atoms with Crippen molar-refractivity contribution in [3.05, 3.63) is 22.7 Å². The molecule has 0 heterocycles. The average molecular weight is 246 g/mol. The van der Waals surface area contributed by atoms with E-state index in [1.165, 1.54) is 7.11 Å². The molecule has 0 aliphatic rings. The Morgan fingerprint density at radius 1 is 1.19 bits per heavy atom. The second kappa shape index (κ2) is 4.91. The Bertz CT molecular complexity index is 380. The van der Waals surface area contributed by atoms with Crippen molar-refractivity contribution < 1.29 is 14.3 Å². The summed E-state index contributed by atoms with van der Waals surface area (Å²) >= 11 is 6.22. The van der Waals surface area contributed by atoms with Gasteiger partial charge in [0.2, 0.25) is 0 Å². The highest BCUT2D eigenvalue weighted by molar-refractivity contribution is 6.33. The minimum atomic E-state index is -0.684. The fraction of sp³-hybridized carbons (Fsp3) is 0.455. The molecule has 0 radical (unpaired) electrons. The zero-order valence-electron chi connectivity index (χ0n) is 9.83. The van der Waals surface area contributed by atoms with Gasteiger partial charge in [0.25, 0.3) is 0 Å². The van der Waals surface area contributed by atoms with E-state index in [1.807, 2.05) is 13.8 Å². The van der Waals surface area contributed by atoms with Crippen molar-refractivity contribution in [1.29, 1.82) is 0 Å². The van der Waals surface area contributed by atoms with E-state index in [2.05, 4.69) is 0 Å². The van der Waals surface area contributed by atoms with Crippen molar-refractivity contribution >= 4 is 11.6 Å². The van der Waals surface area contributed by atoms with Gasteiger partial charge in [0, 0.05) is 5.56 Å². The molecule has 0 saturated carbocycles. The van der Waals surface area contributed by atoms with E-state index in [0.717, 1.165) is 5.56 Å². The van der Waals surface area contributed by atoms with Crippen LogP contribution < -0.4 is 15.4 Å². The summed E-state index contributed by atoms with van der Waals surface area (Å²) in [4.78, 5) is 4.90. The van der Waals surface area contributed by atoms with Gasteiger partial charge < -0.3 is 9.47 Å². The minimum absolute atomic E-state index is 0.442. The smallest absolute Gasteiger partial charge is 0.179 e. The monoisotopic (exact) mass is 245 g/mol. The molecule has 0 aliphatic heterocycles. The third-order valence-electron chi connectivity index (χ3n) is 2.43. The summed E-state index contributed by atoms with van der Waals surface area (Å²) in [5.74, 6) is 6.29. The highest BCUT2D eigenvalue weighted by Crippen LogP contribution is 2.41. The highest BCUT2D eigenvalue weighted by Gasteiger charge is 2.26. The lowest BCUT2D eigenvalue weighted by Gasteiger charge is -2.24. The molecule has 0 aliphatic carbocycles. The molecule has 0 atom stereocenters. The molecule has 1 aromatic carbocycles. The molecule has 1 aromatic rings. The molecule has 2 N–H and O–H groups in total. The quantitative estimate of drug-likeness (QED) is 0.828. The first-order valence-electron chi connectivity index (χ1n) is 4.76. The van der Waals surface area contributed by atoms with Crippen LogP contribution in [-0.2, 0) is 10.4 Å². The maximum absolute atomic E-state index is 6.22. The number of rotatable bonds is 4. The highest BCUT2D eigenvalue weighted by atomic mass is 35.5. The van der Waals surface area contributed by atoms with Gasteiger partial charge in [0.05, 0.1) is 19.2 Å². The molecule has 0 unspecified atom stereocenters. The van der Waals surface area contributed by atoms with Gasteiger partial charge in [0.15, 0.2) is 11.5 Å². The van der Waals surface area contributed by atoms with Crippen molar-refractivity contribution in [2.45, 2.75) is 19.4 Å². The lowest BCUT2D eigenvalue weighted by Crippen LogP contribution is -2.25. The van der Waals surface area contributed by atoms with Gasteiger partial charge in [-0.05, 0) is 19.9 Å². The fourth-order valence-electron chi connectivity index (χ4n) is 1.42. The van der Waals surface area contributed by atoms with Gasteiger partial charge in [-0.15, -0.1) is 0 Å². The van der Waals surface area contributed by atoms with Crippen LogP contribution in [0.15, 0.2) is 12.1 Å². The predicted molar refractivity (Wildman–Crippen MR) is 62.9 cm³/mol. The fourth-order valence-corrected chi connectivity index (χ4v) is 1.88. The van der Waals surface area contributed by atoms with Gasteiger partial charge in [0.1, 0.15) is 5.60 Å². The van der Waals surface area contributed by atoms with Gasteiger partial charge >= 0.3 is 0 Å². The molecule has 0 aromatic heterocycles. The van der Waals surface area contributed by atoms with Crippen molar-refractivity contribution in [2.75, 3.05) is 14.2 Å². The zero-order chi connectivity index (χ0) is 12.3. The minimum Gasteiger partial charge on any atom is -0.493 e. The maximum Gasteiger partial charge on any atom is 0.179 e. The molecule has 1 rings (SSSR count). The van der Waals surface area contributed by atoms with Crippen LogP contribution in [0.5, 0.6) is 11.5 Å². The van der Waals surface area contributed by atoms with Crippen LogP contribution in [-0.4, -0.2) is 14.2 Å². The third-order valence-corrected chi connectivity index (χ3v) is 2.80. The topological polar surface area (TPSA) is 53.7 Å². The van der Waals surface area contributed by atoms with E-state index in [4.69, 9.17) is 31.8 Å². The Labute approximate surface area is 100 Å². The summed E-state index contributed by atoms with van der Waals surface area (Å²) in [5.41, 5.74) is 0.0608.